The van der Waals surface area contributed by atoms with Gasteiger partial charge in [0.05, 0.1) is 7.11 Å². The molecular weight excluding hydrogens is 262 g/mol. The molecule has 2 heterocycles. The first kappa shape index (κ1) is 11.9. The number of ether oxygens (including phenoxy) is 1. The maximum absolute atomic E-state index is 11.6. The SMILES string of the molecule is COC(=O)c1c(SC)nn(-c2nncs2)c1N. The number of nitrogens with zero attached hydrogens (tertiary/aromatic N) is 4. The summed E-state index contributed by atoms with van der Waals surface area (Å²) >= 11 is 2.59. The Morgan fingerprint density at radius 3 is 2.94 bits per heavy atom. The number of nitrogens with two attached hydrogens (primary N) is 1. The van der Waals surface area contributed by atoms with Gasteiger partial charge in [0.1, 0.15) is 21.9 Å². The molecule has 2 N–H and O–H groups in total. The van der Waals surface area contributed by atoms with Crippen LogP contribution in [0.15, 0.2) is 10.5 Å². The van der Waals surface area contributed by atoms with E-state index in [4.69, 9.17) is 5.73 Å². The quantitative estimate of drug-likeness (QED) is 0.652. The zero-order valence-corrected chi connectivity index (χ0v) is 10.7. The summed E-state index contributed by atoms with van der Waals surface area (Å²) in [7, 11) is 1.30. The molecule has 17 heavy (non-hydrogen) atoms. The molecule has 0 unspecified atom stereocenters. The zero-order chi connectivity index (χ0) is 12.4. The summed E-state index contributed by atoms with van der Waals surface area (Å²) in [6.07, 6.45) is 1.80. The van der Waals surface area contributed by atoms with Gasteiger partial charge in [-0.25, -0.2) is 4.79 Å². The van der Waals surface area contributed by atoms with Crippen LogP contribution in [0.25, 0.3) is 5.13 Å². The Balaban J connectivity index is 2.57. The third kappa shape index (κ3) is 1.98. The highest BCUT2D eigenvalue weighted by molar-refractivity contribution is 7.98. The second-order valence-electron chi connectivity index (χ2n) is 2.89. The van der Waals surface area contributed by atoms with Crippen molar-refractivity contribution in [2.75, 3.05) is 19.1 Å². The molecule has 0 fully saturated rings. The van der Waals surface area contributed by atoms with Crippen LogP contribution in [0.3, 0.4) is 0 Å². The number of esters is 1. The number of hydrogen-bond acceptors (Lipinski definition) is 8. The minimum absolute atomic E-state index is 0.206. The largest absolute Gasteiger partial charge is 0.465 e. The fourth-order valence-corrected chi connectivity index (χ4v) is 2.33. The molecule has 9 heteroatoms. The topological polar surface area (TPSA) is 95.9 Å². The van der Waals surface area contributed by atoms with E-state index in [1.165, 1.54) is 34.9 Å². The van der Waals surface area contributed by atoms with Gasteiger partial charge in [0.15, 0.2) is 0 Å². The van der Waals surface area contributed by atoms with Crippen molar-refractivity contribution in [2.24, 2.45) is 0 Å². The highest BCUT2D eigenvalue weighted by atomic mass is 32.2. The average molecular weight is 271 g/mol. The predicted octanol–water partition coefficient (Wildman–Crippen LogP) is 0.815. The Labute approximate surface area is 105 Å². The average Bonchev–Trinajstić information content (AvgIpc) is 2.95. The molecule has 0 amide bonds. The molecule has 0 atom stereocenters. The van der Waals surface area contributed by atoms with Gasteiger partial charge >= 0.3 is 5.97 Å². The first-order valence-electron chi connectivity index (χ1n) is 4.46. The second-order valence-corrected chi connectivity index (χ2v) is 4.50. The number of methoxy groups -OCH3 is 1. The van der Waals surface area contributed by atoms with Crippen molar-refractivity contribution in [1.29, 1.82) is 0 Å². The van der Waals surface area contributed by atoms with E-state index in [2.05, 4.69) is 20.0 Å². The van der Waals surface area contributed by atoms with Crippen LogP contribution >= 0.6 is 23.1 Å². The Bertz CT molecular complexity index is 536. The van der Waals surface area contributed by atoms with E-state index >= 15 is 0 Å². The van der Waals surface area contributed by atoms with E-state index in [0.29, 0.717) is 10.2 Å². The second kappa shape index (κ2) is 4.72. The third-order valence-corrected chi connectivity index (χ3v) is 3.34. The summed E-state index contributed by atoms with van der Waals surface area (Å²) < 4.78 is 6.06. The lowest BCUT2D eigenvalue weighted by atomic mass is 10.3. The number of rotatable bonds is 3. The number of carbonyl (C=O) groups excluding carboxylic acids is 1. The maximum Gasteiger partial charge on any atom is 0.344 e. The molecule has 0 saturated heterocycles. The predicted molar refractivity (Wildman–Crippen MR) is 64.6 cm³/mol. The number of thioether (sulfide) groups is 1. The summed E-state index contributed by atoms with van der Waals surface area (Å²) in [5, 5.41) is 12.8. The van der Waals surface area contributed by atoms with Crippen LogP contribution in [-0.4, -0.2) is 39.3 Å². The van der Waals surface area contributed by atoms with Crippen LogP contribution in [0.4, 0.5) is 5.82 Å². The molecule has 2 aromatic rings. The number of aromatic nitrogens is 4. The van der Waals surface area contributed by atoms with Gasteiger partial charge in [-0.05, 0) is 6.26 Å². The van der Waals surface area contributed by atoms with Crippen molar-refractivity contribution >= 4 is 34.9 Å². The van der Waals surface area contributed by atoms with Gasteiger partial charge in [-0.1, -0.05) is 11.3 Å². The Morgan fingerprint density at radius 1 is 1.65 bits per heavy atom. The van der Waals surface area contributed by atoms with Crippen LogP contribution in [0, 0.1) is 0 Å². The van der Waals surface area contributed by atoms with E-state index in [-0.39, 0.29) is 11.4 Å². The molecule has 0 bridgehead atoms. The highest BCUT2D eigenvalue weighted by Crippen LogP contribution is 2.28. The smallest absolute Gasteiger partial charge is 0.344 e. The lowest BCUT2D eigenvalue weighted by Crippen LogP contribution is -2.07. The lowest BCUT2D eigenvalue weighted by Gasteiger charge is -1.99. The van der Waals surface area contributed by atoms with Crippen molar-refractivity contribution in [3.63, 3.8) is 0 Å². The molecule has 0 spiro atoms. The summed E-state index contributed by atoms with van der Waals surface area (Å²) in [6.45, 7) is 0. The van der Waals surface area contributed by atoms with E-state index in [1.807, 2.05) is 0 Å². The fourth-order valence-electron chi connectivity index (χ4n) is 1.25. The van der Waals surface area contributed by atoms with E-state index in [1.54, 1.807) is 11.8 Å². The van der Waals surface area contributed by atoms with Crippen molar-refractivity contribution in [3.8, 4) is 5.13 Å². The van der Waals surface area contributed by atoms with Crippen LogP contribution < -0.4 is 5.73 Å². The summed E-state index contributed by atoms with van der Waals surface area (Å²) in [5.41, 5.74) is 7.69. The highest BCUT2D eigenvalue weighted by Gasteiger charge is 2.24. The minimum atomic E-state index is -0.511. The molecule has 0 aliphatic heterocycles. The summed E-state index contributed by atoms with van der Waals surface area (Å²) in [5.74, 6) is -0.305. The van der Waals surface area contributed by atoms with Crippen LogP contribution in [0.1, 0.15) is 10.4 Å². The Kier molecular flexibility index (Phi) is 3.29. The van der Waals surface area contributed by atoms with E-state index in [0.717, 1.165) is 0 Å². The normalized spacial score (nSPS) is 10.5. The molecule has 0 aliphatic rings. The molecule has 7 nitrogen and oxygen atoms in total. The molecule has 0 saturated carbocycles. The molecule has 90 valence electrons. The maximum atomic E-state index is 11.6. The fraction of sp³-hybridized carbons (Fsp3) is 0.250. The molecular formula is C8H9N5O2S2. The lowest BCUT2D eigenvalue weighted by molar-refractivity contribution is 0.0598. The van der Waals surface area contributed by atoms with Gasteiger partial charge in [0.2, 0.25) is 5.13 Å². The Morgan fingerprint density at radius 2 is 2.41 bits per heavy atom. The third-order valence-electron chi connectivity index (χ3n) is 2.00. The first-order valence-corrected chi connectivity index (χ1v) is 6.56. The van der Waals surface area contributed by atoms with Crippen LogP contribution in [0.5, 0.6) is 0 Å². The van der Waals surface area contributed by atoms with Gasteiger partial charge in [-0.2, -0.15) is 9.78 Å². The molecule has 0 aromatic carbocycles. The van der Waals surface area contributed by atoms with Gasteiger partial charge in [-0.15, -0.1) is 22.0 Å². The van der Waals surface area contributed by atoms with Crippen molar-refractivity contribution in [3.05, 3.63) is 11.1 Å². The molecule has 2 aromatic heterocycles. The summed E-state index contributed by atoms with van der Waals surface area (Å²) in [6, 6.07) is 0. The van der Waals surface area contributed by atoms with Gasteiger partial charge in [-0.3, -0.25) is 0 Å². The standard InChI is InChI=1S/C8H9N5O2S2/c1-15-7(14)4-5(9)13(12-6(4)16-2)8-11-10-3-17-8/h3H,9H2,1-2H3. The van der Waals surface area contributed by atoms with Gasteiger partial charge in [0, 0.05) is 0 Å². The van der Waals surface area contributed by atoms with Crippen LogP contribution in [0.2, 0.25) is 0 Å². The van der Waals surface area contributed by atoms with Crippen LogP contribution in [-0.2, 0) is 4.74 Å². The number of nitrogen functional groups attached to an aromatic ring is 1. The van der Waals surface area contributed by atoms with Gasteiger partial charge < -0.3 is 10.5 Å². The number of hydrogen-bond donors (Lipinski definition) is 1. The van der Waals surface area contributed by atoms with Crippen molar-refractivity contribution in [2.45, 2.75) is 5.03 Å². The van der Waals surface area contributed by atoms with E-state index in [9.17, 15) is 4.79 Å². The molecule has 0 radical (unpaired) electrons. The summed E-state index contributed by atoms with van der Waals surface area (Å²) in [4.78, 5) is 11.6. The number of carbonyl (C=O) groups is 1. The number of anilines is 1. The van der Waals surface area contributed by atoms with Crippen molar-refractivity contribution in [1.82, 2.24) is 20.0 Å². The minimum Gasteiger partial charge on any atom is -0.465 e. The monoisotopic (exact) mass is 271 g/mol. The molecule has 0 aliphatic carbocycles. The first-order chi connectivity index (χ1) is 8.19. The molecule has 2 rings (SSSR count). The van der Waals surface area contributed by atoms with Gasteiger partial charge in [0.25, 0.3) is 0 Å². The van der Waals surface area contributed by atoms with E-state index < -0.39 is 5.97 Å². The zero-order valence-electron chi connectivity index (χ0n) is 9.08. The van der Waals surface area contributed by atoms with Crippen molar-refractivity contribution < 1.29 is 9.53 Å². The Hall–Kier alpha value is -1.61.